The Morgan fingerprint density at radius 3 is 2.26 bits per heavy atom. The van der Waals surface area contributed by atoms with E-state index >= 15 is 0 Å². The molecular formula is C26H24ClFN2O5. The number of nitrogens with one attached hydrogen (secondary N) is 1. The summed E-state index contributed by atoms with van der Waals surface area (Å²) >= 11 is 6.14. The van der Waals surface area contributed by atoms with Crippen molar-refractivity contribution in [2.45, 2.75) is 12.0 Å². The first kappa shape index (κ1) is 24.3. The number of rotatable bonds is 6. The van der Waals surface area contributed by atoms with E-state index in [1.54, 1.807) is 49.5 Å². The number of ether oxygens (including phenoxy) is 3. The third kappa shape index (κ3) is 4.37. The number of amides is 2. The molecule has 0 saturated heterocycles. The molecule has 0 aliphatic carbocycles. The summed E-state index contributed by atoms with van der Waals surface area (Å²) in [5.41, 5.74) is 1.20. The Kier molecular flexibility index (Phi) is 6.84. The Balaban J connectivity index is 1.91. The molecule has 35 heavy (non-hydrogen) atoms. The summed E-state index contributed by atoms with van der Waals surface area (Å²) in [7, 11) is 5.93. The highest BCUT2D eigenvalue weighted by atomic mass is 35.5. The molecule has 1 heterocycles. The smallest absolute Gasteiger partial charge is 0.254 e. The maximum absolute atomic E-state index is 15.0. The van der Waals surface area contributed by atoms with Gasteiger partial charge in [0.1, 0.15) is 11.6 Å². The molecule has 3 aromatic carbocycles. The number of hydrogen-bond donors (Lipinski definition) is 1. The van der Waals surface area contributed by atoms with E-state index in [0.717, 1.165) is 0 Å². The number of hydrogen-bond acceptors (Lipinski definition) is 5. The van der Waals surface area contributed by atoms with Crippen molar-refractivity contribution in [3.05, 3.63) is 82.1 Å². The minimum Gasteiger partial charge on any atom is -0.495 e. The number of carbonyl (C=O) groups is 2. The van der Waals surface area contributed by atoms with Crippen LogP contribution in [-0.4, -0.2) is 45.1 Å². The van der Waals surface area contributed by atoms with Gasteiger partial charge in [-0.3, -0.25) is 9.59 Å². The quantitative estimate of drug-likeness (QED) is 0.514. The van der Waals surface area contributed by atoms with E-state index in [1.807, 2.05) is 0 Å². The van der Waals surface area contributed by atoms with Crippen LogP contribution in [0.1, 0.15) is 33.4 Å². The van der Waals surface area contributed by atoms with Crippen molar-refractivity contribution in [1.29, 1.82) is 0 Å². The minimum absolute atomic E-state index is 0.210. The zero-order valence-electron chi connectivity index (χ0n) is 19.6. The molecule has 0 spiro atoms. The van der Waals surface area contributed by atoms with E-state index in [2.05, 4.69) is 5.32 Å². The van der Waals surface area contributed by atoms with E-state index < -0.39 is 23.7 Å². The molecule has 1 aliphatic rings. The average Bonchev–Trinajstić information content (AvgIpc) is 2.85. The predicted octanol–water partition coefficient (Wildman–Crippen LogP) is 5.05. The second-order valence-electron chi connectivity index (χ2n) is 7.99. The van der Waals surface area contributed by atoms with Gasteiger partial charge in [0.2, 0.25) is 5.91 Å². The number of benzene rings is 3. The molecule has 4 rings (SSSR count). The van der Waals surface area contributed by atoms with Crippen molar-refractivity contribution in [2.24, 2.45) is 0 Å². The molecular weight excluding hydrogens is 475 g/mol. The normalized spacial score (nSPS) is 17.0. The van der Waals surface area contributed by atoms with Crippen LogP contribution in [0, 0.1) is 5.82 Å². The monoisotopic (exact) mass is 498 g/mol. The summed E-state index contributed by atoms with van der Waals surface area (Å²) in [6.45, 7) is 0. The van der Waals surface area contributed by atoms with Gasteiger partial charge in [0.25, 0.3) is 5.91 Å². The zero-order chi connectivity index (χ0) is 25.3. The maximum atomic E-state index is 15.0. The Hall–Kier alpha value is -3.78. The lowest BCUT2D eigenvalue weighted by Gasteiger charge is -2.40. The lowest BCUT2D eigenvalue weighted by Crippen LogP contribution is -2.44. The van der Waals surface area contributed by atoms with Crippen LogP contribution in [0.3, 0.4) is 0 Å². The summed E-state index contributed by atoms with van der Waals surface area (Å²) in [4.78, 5) is 28.6. The molecule has 0 radical (unpaired) electrons. The first-order chi connectivity index (χ1) is 16.8. The number of methoxy groups -OCH3 is 3. The molecule has 3 aromatic rings. The Labute approximate surface area is 207 Å². The first-order valence-corrected chi connectivity index (χ1v) is 11.1. The van der Waals surface area contributed by atoms with Crippen LogP contribution in [0.15, 0.2) is 54.6 Å². The van der Waals surface area contributed by atoms with Crippen LogP contribution in [0.4, 0.5) is 10.1 Å². The standard InChI is InChI=1S/C26H24ClFN2O5/c1-30-24(15-7-5-6-8-18(15)28)23(25(31)29-19-11-14(27)9-10-20(19)33-2)16-12-21(34-3)22(35-4)13-17(16)26(30)32/h5-13,23-24H,1-4H3,(H,29,31)/t23-,24+/m0/s1. The Morgan fingerprint density at radius 1 is 0.943 bits per heavy atom. The van der Waals surface area contributed by atoms with Gasteiger partial charge in [0, 0.05) is 23.2 Å². The highest BCUT2D eigenvalue weighted by Gasteiger charge is 2.44. The minimum atomic E-state index is -0.993. The number of carbonyl (C=O) groups excluding carboxylic acids is 2. The van der Waals surface area contributed by atoms with Crippen molar-refractivity contribution in [2.75, 3.05) is 33.7 Å². The fourth-order valence-electron chi connectivity index (χ4n) is 4.42. The first-order valence-electron chi connectivity index (χ1n) is 10.7. The number of fused-ring (bicyclic) bond motifs is 1. The summed E-state index contributed by atoms with van der Waals surface area (Å²) in [6.07, 6.45) is 0. The molecule has 0 saturated carbocycles. The van der Waals surface area contributed by atoms with Crippen LogP contribution in [0.2, 0.25) is 5.02 Å². The van der Waals surface area contributed by atoms with Crippen molar-refractivity contribution in [1.82, 2.24) is 4.90 Å². The van der Waals surface area contributed by atoms with Gasteiger partial charge in [0.15, 0.2) is 11.5 Å². The largest absolute Gasteiger partial charge is 0.495 e. The second kappa shape index (κ2) is 9.84. The van der Waals surface area contributed by atoms with Crippen LogP contribution in [0.5, 0.6) is 17.2 Å². The van der Waals surface area contributed by atoms with Crippen LogP contribution >= 0.6 is 11.6 Å². The number of halogens is 2. The molecule has 1 aliphatic heterocycles. The van der Waals surface area contributed by atoms with Crippen LogP contribution < -0.4 is 19.5 Å². The average molecular weight is 499 g/mol. The topological polar surface area (TPSA) is 77.1 Å². The summed E-state index contributed by atoms with van der Waals surface area (Å²) in [5.74, 6) is -1.29. The van der Waals surface area contributed by atoms with Gasteiger partial charge in [-0.25, -0.2) is 4.39 Å². The van der Waals surface area contributed by atoms with Gasteiger partial charge < -0.3 is 24.4 Å². The summed E-state index contributed by atoms with van der Waals surface area (Å²) in [6, 6.07) is 13.1. The third-order valence-corrected chi connectivity index (χ3v) is 6.34. The highest BCUT2D eigenvalue weighted by molar-refractivity contribution is 6.31. The van der Waals surface area contributed by atoms with E-state index in [9.17, 15) is 14.0 Å². The fourth-order valence-corrected chi connectivity index (χ4v) is 4.60. The highest BCUT2D eigenvalue weighted by Crippen LogP contribution is 2.46. The van der Waals surface area contributed by atoms with Crippen molar-refractivity contribution in [3.63, 3.8) is 0 Å². The molecule has 0 fully saturated rings. The molecule has 9 heteroatoms. The van der Waals surface area contributed by atoms with E-state index in [1.165, 1.54) is 38.4 Å². The van der Waals surface area contributed by atoms with Gasteiger partial charge >= 0.3 is 0 Å². The summed E-state index contributed by atoms with van der Waals surface area (Å²) < 4.78 is 31.2. The molecule has 7 nitrogen and oxygen atoms in total. The third-order valence-electron chi connectivity index (χ3n) is 6.10. The number of nitrogens with zero attached hydrogens (tertiary/aromatic N) is 1. The molecule has 0 unspecified atom stereocenters. The van der Waals surface area contributed by atoms with Gasteiger partial charge in [-0.15, -0.1) is 0 Å². The summed E-state index contributed by atoms with van der Waals surface area (Å²) in [5, 5.41) is 3.25. The molecule has 1 N–H and O–H groups in total. The molecule has 0 bridgehead atoms. The molecule has 2 amide bonds. The SMILES string of the molecule is COc1ccc(Cl)cc1NC(=O)[C@H]1c2cc(OC)c(OC)cc2C(=O)N(C)[C@@H]1c1ccccc1F. The van der Waals surface area contributed by atoms with Crippen molar-refractivity contribution < 1.29 is 28.2 Å². The Morgan fingerprint density at radius 2 is 1.60 bits per heavy atom. The van der Waals surface area contributed by atoms with Crippen molar-refractivity contribution in [3.8, 4) is 17.2 Å². The maximum Gasteiger partial charge on any atom is 0.254 e. The lowest BCUT2D eigenvalue weighted by molar-refractivity contribution is -0.119. The Bertz CT molecular complexity index is 1300. The molecule has 2 atom stereocenters. The van der Waals surface area contributed by atoms with E-state index in [4.69, 9.17) is 25.8 Å². The van der Waals surface area contributed by atoms with Gasteiger partial charge in [-0.2, -0.15) is 0 Å². The van der Waals surface area contributed by atoms with Gasteiger partial charge in [-0.1, -0.05) is 29.8 Å². The molecule has 0 aromatic heterocycles. The fraction of sp³-hybridized carbons (Fsp3) is 0.231. The van der Waals surface area contributed by atoms with Crippen LogP contribution in [0.25, 0.3) is 0 Å². The van der Waals surface area contributed by atoms with Gasteiger partial charge in [-0.05, 0) is 42.0 Å². The number of anilines is 1. The van der Waals surface area contributed by atoms with Crippen LogP contribution in [-0.2, 0) is 4.79 Å². The molecule has 182 valence electrons. The van der Waals surface area contributed by atoms with Gasteiger partial charge in [0.05, 0.1) is 39.0 Å². The van der Waals surface area contributed by atoms with Crippen molar-refractivity contribution >= 4 is 29.1 Å². The lowest BCUT2D eigenvalue weighted by atomic mass is 9.79. The zero-order valence-corrected chi connectivity index (χ0v) is 20.4. The predicted molar refractivity (Wildman–Crippen MR) is 130 cm³/mol. The number of likely N-dealkylation sites (N-methyl/N-ethyl adjacent to an activating group) is 1. The van der Waals surface area contributed by atoms with E-state index in [-0.39, 0.29) is 17.0 Å². The van der Waals surface area contributed by atoms with E-state index in [0.29, 0.717) is 33.5 Å². The second-order valence-corrected chi connectivity index (χ2v) is 8.42.